The van der Waals surface area contributed by atoms with Gasteiger partial charge in [0.25, 0.3) is 0 Å². The highest BCUT2D eigenvalue weighted by Crippen LogP contribution is 2.20. The summed E-state index contributed by atoms with van der Waals surface area (Å²) in [7, 11) is 1.64. The molecule has 0 aromatic rings. The highest BCUT2D eigenvalue weighted by molar-refractivity contribution is 5.33. The second kappa shape index (κ2) is 5.07. The minimum Gasteiger partial charge on any atom is -0.377 e. The highest BCUT2D eigenvalue weighted by atomic mass is 16.5. The van der Waals surface area contributed by atoms with Crippen molar-refractivity contribution in [2.75, 3.05) is 13.7 Å². The van der Waals surface area contributed by atoms with Crippen LogP contribution in [0.15, 0.2) is 4.99 Å². The van der Waals surface area contributed by atoms with Crippen LogP contribution in [-0.2, 0) is 9.53 Å². The molecular formula is C9H17NO2. The average molecular weight is 171 g/mol. The number of ether oxygens (including phenoxy) is 1. The Labute approximate surface area is 73.8 Å². The summed E-state index contributed by atoms with van der Waals surface area (Å²) in [5.74, 6) is 0.539. The first-order valence-electron chi connectivity index (χ1n) is 4.13. The normalized spacial score (nSPS) is 15.4. The Bertz CT molecular complexity index is 173. The van der Waals surface area contributed by atoms with E-state index < -0.39 is 0 Å². The molecule has 0 aromatic carbocycles. The number of hydrogen-bond donors (Lipinski definition) is 0. The third-order valence-corrected chi connectivity index (χ3v) is 1.81. The van der Waals surface area contributed by atoms with Gasteiger partial charge in [-0.05, 0) is 19.3 Å². The van der Waals surface area contributed by atoms with Crippen LogP contribution in [0, 0.1) is 5.92 Å². The van der Waals surface area contributed by atoms with E-state index in [-0.39, 0.29) is 5.60 Å². The van der Waals surface area contributed by atoms with Gasteiger partial charge in [0.15, 0.2) is 0 Å². The summed E-state index contributed by atoms with van der Waals surface area (Å²) in [6, 6.07) is 0. The van der Waals surface area contributed by atoms with Gasteiger partial charge in [0, 0.05) is 7.11 Å². The van der Waals surface area contributed by atoms with Crippen LogP contribution in [0.5, 0.6) is 0 Å². The number of aliphatic imine (C=N–C) groups is 1. The number of rotatable bonds is 5. The van der Waals surface area contributed by atoms with Crippen molar-refractivity contribution in [3.8, 4) is 0 Å². The van der Waals surface area contributed by atoms with E-state index in [0.717, 1.165) is 6.42 Å². The zero-order valence-electron chi connectivity index (χ0n) is 8.26. The van der Waals surface area contributed by atoms with Crippen LogP contribution in [0.1, 0.15) is 27.2 Å². The Kier molecular flexibility index (Phi) is 4.79. The van der Waals surface area contributed by atoms with E-state index in [2.05, 4.69) is 18.8 Å². The topological polar surface area (TPSA) is 38.7 Å². The summed E-state index contributed by atoms with van der Waals surface area (Å²) in [4.78, 5) is 13.4. The van der Waals surface area contributed by atoms with Crippen LogP contribution >= 0.6 is 0 Å². The van der Waals surface area contributed by atoms with Crippen molar-refractivity contribution in [3.05, 3.63) is 0 Å². The predicted molar refractivity (Wildman–Crippen MR) is 47.9 cm³/mol. The summed E-state index contributed by atoms with van der Waals surface area (Å²) in [5.41, 5.74) is -0.314. The lowest BCUT2D eigenvalue weighted by molar-refractivity contribution is -0.00234. The van der Waals surface area contributed by atoms with Gasteiger partial charge in [-0.3, -0.25) is 0 Å². The molecule has 0 saturated heterocycles. The SMILES string of the molecule is COC(C)(CN=C=O)CC(C)C. The molecule has 0 rings (SSSR count). The van der Waals surface area contributed by atoms with Crippen LogP contribution in [-0.4, -0.2) is 25.3 Å². The van der Waals surface area contributed by atoms with E-state index in [4.69, 9.17) is 4.74 Å². The van der Waals surface area contributed by atoms with Crippen molar-refractivity contribution in [3.63, 3.8) is 0 Å². The zero-order chi connectivity index (χ0) is 9.61. The Hall–Kier alpha value is -0.660. The molecule has 0 aliphatic carbocycles. The molecule has 1 unspecified atom stereocenters. The minimum atomic E-state index is -0.314. The molecule has 0 amide bonds. The number of methoxy groups -OCH3 is 1. The van der Waals surface area contributed by atoms with Crippen molar-refractivity contribution in [1.82, 2.24) is 0 Å². The first kappa shape index (κ1) is 11.3. The van der Waals surface area contributed by atoms with Gasteiger partial charge in [-0.25, -0.2) is 9.79 Å². The van der Waals surface area contributed by atoms with E-state index in [9.17, 15) is 4.79 Å². The molecule has 0 N–H and O–H groups in total. The van der Waals surface area contributed by atoms with Gasteiger partial charge in [0.05, 0.1) is 12.1 Å². The fourth-order valence-electron chi connectivity index (χ4n) is 1.28. The van der Waals surface area contributed by atoms with Crippen molar-refractivity contribution in [2.24, 2.45) is 10.9 Å². The maximum Gasteiger partial charge on any atom is 0.235 e. The molecule has 1 atom stereocenters. The van der Waals surface area contributed by atoms with Crippen molar-refractivity contribution < 1.29 is 9.53 Å². The summed E-state index contributed by atoms with van der Waals surface area (Å²) >= 11 is 0. The number of isocyanates is 1. The molecule has 0 aromatic heterocycles. The van der Waals surface area contributed by atoms with Crippen LogP contribution in [0.25, 0.3) is 0 Å². The smallest absolute Gasteiger partial charge is 0.235 e. The van der Waals surface area contributed by atoms with Gasteiger partial charge in [-0.2, -0.15) is 0 Å². The van der Waals surface area contributed by atoms with Crippen molar-refractivity contribution in [2.45, 2.75) is 32.8 Å². The molecule has 0 aliphatic rings. The third kappa shape index (κ3) is 4.27. The maximum atomic E-state index is 9.91. The molecule has 0 bridgehead atoms. The monoisotopic (exact) mass is 171 g/mol. The molecule has 0 aliphatic heterocycles. The Morgan fingerprint density at radius 3 is 2.50 bits per heavy atom. The lowest BCUT2D eigenvalue weighted by atomic mass is 9.94. The second-order valence-corrected chi connectivity index (χ2v) is 3.66. The summed E-state index contributed by atoms with van der Waals surface area (Å²) in [6.07, 6.45) is 2.42. The number of carbonyl (C=O) groups excluding carboxylic acids is 1. The van der Waals surface area contributed by atoms with Gasteiger partial charge < -0.3 is 4.74 Å². The fraction of sp³-hybridized carbons (Fsp3) is 0.889. The van der Waals surface area contributed by atoms with E-state index in [0.29, 0.717) is 12.5 Å². The highest BCUT2D eigenvalue weighted by Gasteiger charge is 2.24. The van der Waals surface area contributed by atoms with E-state index in [1.807, 2.05) is 6.92 Å². The molecule has 0 heterocycles. The van der Waals surface area contributed by atoms with Crippen LogP contribution < -0.4 is 0 Å². The van der Waals surface area contributed by atoms with E-state index in [1.54, 1.807) is 7.11 Å². The summed E-state index contributed by atoms with van der Waals surface area (Å²) in [5, 5.41) is 0. The minimum absolute atomic E-state index is 0.314. The molecule has 12 heavy (non-hydrogen) atoms. The van der Waals surface area contributed by atoms with Gasteiger partial charge in [-0.1, -0.05) is 13.8 Å². The van der Waals surface area contributed by atoms with E-state index >= 15 is 0 Å². The first-order chi connectivity index (χ1) is 5.54. The van der Waals surface area contributed by atoms with Crippen LogP contribution in [0.4, 0.5) is 0 Å². The Morgan fingerprint density at radius 1 is 1.58 bits per heavy atom. The molecule has 0 radical (unpaired) electrons. The average Bonchev–Trinajstić information content (AvgIpc) is 2.00. The van der Waals surface area contributed by atoms with Crippen molar-refractivity contribution >= 4 is 6.08 Å². The molecule has 0 fully saturated rings. The number of hydrogen-bond acceptors (Lipinski definition) is 3. The van der Waals surface area contributed by atoms with E-state index in [1.165, 1.54) is 6.08 Å². The number of nitrogens with zero attached hydrogens (tertiary/aromatic N) is 1. The lowest BCUT2D eigenvalue weighted by Crippen LogP contribution is -2.32. The van der Waals surface area contributed by atoms with Gasteiger partial charge in [0.1, 0.15) is 0 Å². The Balaban J connectivity index is 4.13. The summed E-state index contributed by atoms with van der Waals surface area (Å²) in [6.45, 7) is 6.57. The Morgan fingerprint density at radius 2 is 2.17 bits per heavy atom. The summed E-state index contributed by atoms with van der Waals surface area (Å²) < 4.78 is 5.28. The third-order valence-electron chi connectivity index (χ3n) is 1.81. The zero-order valence-corrected chi connectivity index (χ0v) is 8.26. The van der Waals surface area contributed by atoms with Crippen molar-refractivity contribution in [1.29, 1.82) is 0 Å². The molecule has 0 saturated carbocycles. The van der Waals surface area contributed by atoms with Gasteiger partial charge in [0.2, 0.25) is 6.08 Å². The van der Waals surface area contributed by atoms with Gasteiger partial charge in [-0.15, -0.1) is 0 Å². The largest absolute Gasteiger partial charge is 0.377 e. The van der Waals surface area contributed by atoms with Crippen LogP contribution in [0.2, 0.25) is 0 Å². The quantitative estimate of drug-likeness (QED) is 0.467. The fourth-order valence-corrected chi connectivity index (χ4v) is 1.28. The first-order valence-corrected chi connectivity index (χ1v) is 4.13. The molecule has 3 heteroatoms. The molecule has 0 spiro atoms. The lowest BCUT2D eigenvalue weighted by Gasteiger charge is -2.27. The maximum absolute atomic E-state index is 9.91. The standard InChI is InChI=1S/C9H17NO2/c1-8(2)5-9(3,12-4)6-10-7-11/h8H,5-6H2,1-4H3. The predicted octanol–water partition coefficient (Wildman–Crippen LogP) is 1.77. The molecule has 70 valence electrons. The van der Waals surface area contributed by atoms with Crippen LogP contribution in [0.3, 0.4) is 0 Å². The molecular weight excluding hydrogens is 154 g/mol. The second-order valence-electron chi connectivity index (χ2n) is 3.66. The molecule has 3 nitrogen and oxygen atoms in total. The van der Waals surface area contributed by atoms with Gasteiger partial charge >= 0.3 is 0 Å².